The molecule has 138 valence electrons. The summed E-state index contributed by atoms with van der Waals surface area (Å²) in [6, 6.07) is 17.6. The van der Waals surface area contributed by atoms with Crippen molar-refractivity contribution in [3.63, 3.8) is 0 Å². The summed E-state index contributed by atoms with van der Waals surface area (Å²) < 4.78 is 6.40. The van der Waals surface area contributed by atoms with E-state index in [1.165, 1.54) is 16.7 Å². The van der Waals surface area contributed by atoms with Crippen molar-refractivity contribution >= 4 is 5.69 Å². The molecule has 0 spiro atoms. The van der Waals surface area contributed by atoms with Crippen LogP contribution in [0.2, 0.25) is 0 Å². The number of hydrogen-bond donors (Lipinski definition) is 2. The van der Waals surface area contributed by atoms with Gasteiger partial charge in [0.25, 0.3) is 0 Å². The van der Waals surface area contributed by atoms with Crippen LogP contribution in [-0.4, -0.2) is 17.8 Å². The Morgan fingerprint density at radius 1 is 1.08 bits per heavy atom. The second-order valence-electron chi connectivity index (χ2n) is 8.69. The molecule has 0 unspecified atom stereocenters. The summed E-state index contributed by atoms with van der Waals surface area (Å²) in [4.78, 5) is 0. The number of nitrogens with one attached hydrogen (secondary N) is 1. The van der Waals surface area contributed by atoms with Crippen LogP contribution in [0.3, 0.4) is 0 Å². The molecule has 0 saturated carbocycles. The molecule has 4 atom stereocenters. The van der Waals surface area contributed by atoms with Crippen LogP contribution in [0.15, 0.2) is 48.5 Å². The lowest BCUT2D eigenvalue weighted by Crippen LogP contribution is -2.40. The molecular weight excluding hydrogens is 322 g/mol. The zero-order valence-corrected chi connectivity index (χ0v) is 15.9. The number of ether oxygens (including phenoxy) is 1. The van der Waals surface area contributed by atoms with Gasteiger partial charge in [-0.2, -0.15) is 0 Å². The molecule has 4 rings (SSSR count). The summed E-state index contributed by atoms with van der Waals surface area (Å²) in [7, 11) is 0. The average molecular weight is 351 g/mol. The van der Waals surface area contributed by atoms with Gasteiger partial charge in [-0.05, 0) is 35.4 Å². The Kier molecular flexibility index (Phi) is 4.54. The van der Waals surface area contributed by atoms with E-state index in [2.05, 4.69) is 74.6 Å². The van der Waals surface area contributed by atoms with Crippen LogP contribution in [0.5, 0.6) is 0 Å². The van der Waals surface area contributed by atoms with Crippen molar-refractivity contribution in [3.8, 4) is 0 Å². The van der Waals surface area contributed by atoms with Gasteiger partial charge in [-0.25, -0.2) is 0 Å². The summed E-state index contributed by atoms with van der Waals surface area (Å²) in [5.74, 6) is 0.378. The summed E-state index contributed by atoms with van der Waals surface area (Å²) in [6.45, 7) is 6.83. The van der Waals surface area contributed by atoms with E-state index in [-0.39, 0.29) is 30.3 Å². The standard InChI is InChI=1S/C23H29NO2/c1-23(2,3)16-9-12-20-19(13-16)22-18(11-10-17(14-25)26-22)21(24-20)15-7-5-4-6-8-15/h4-9,12-13,17-18,21-22,24-25H,10-11,14H2,1-3H3/t17-,18+,21+,22+/m0/s1. The van der Waals surface area contributed by atoms with Crippen molar-refractivity contribution < 1.29 is 9.84 Å². The van der Waals surface area contributed by atoms with Gasteiger partial charge in [-0.1, -0.05) is 63.2 Å². The predicted molar refractivity (Wildman–Crippen MR) is 105 cm³/mol. The van der Waals surface area contributed by atoms with Crippen LogP contribution in [-0.2, 0) is 10.2 Å². The summed E-state index contributed by atoms with van der Waals surface area (Å²) >= 11 is 0. The maximum absolute atomic E-state index is 9.66. The van der Waals surface area contributed by atoms with Crippen LogP contribution in [0.25, 0.3) is 0 Å². The minimum absolute atomic E-state index is 0.0321. The molecule has 2 aromatic carbocycles. The molecule has 2 heterocycles. The number of fused-ring (bicyclic) bond motifs is 3. The Balaban J connectivity index is 1.77. The average Bonchev–Trinajstić information content (AvgIpc) is 2.66. The number of rotatable bonds is 2. The fourth-order valence-corrected chi connectivity index (χ4v) is 4.35. The van der Waals surface area contributed by atoms with E-state index in [0.29, 0.717) is 5.92 Å². The third kappa shape index (κ3) is 3.15. The van der Waals surface area contributed by atoms with Gasteiger partial charge in [0.15, 0.2) is 0 Å². The molecule has 3 nitrogen and oxygen atoms in total. The molecule has 3 heteroatoms. The number of hydrogen-bond acceptors (Lipinski definition) is 3. The molecule has 2 aliphatic heterocycles. The van der Waals surface area contributed by atoms with Crippen molar-refractivity contribution in [2.24, 2.45) is 5.92 Å². The topological polar surface area (TPSA) is 41.5 Å². The largest absolute Gasteiger partial charge is 0.394 e. The first kappa shape index (κ1) is 17.6. The molecule has 0 aromatic heterocycles. The van der Waals surface area contributed by atoms with Crippen LogP contribution in [0, 0.1) is 5.92 Å². The van der Waals surface area contributed by atoms with E-state index in [9.17, 15) is 5.11 Å². The molecule has 26 heavy (non-hydrogen) atoms. The Labute approximate surface area is 156 Å². The van der Waals surface area contributed by atoms with Crippen LogP contribution < -0.4 is 5.32 Å². The van der Waals surface area contributed by atoms with E-state index in [1.807, 2.05) is 0 Å². The highest BCUT2D eigenvalue weighted by Gasteiger charge is 2.42. The Morgan fingerprint density at radius 2 is 1.85 bits per heavy atom. The number of aliphatic hydroxyl groups excluding tert-OH is 1. The fraction of sp³-hybridized carbons (Fsp3) is 0.478. The maximum Gasteiger partial charge on any atom is 0.0900 e. The van der Waals surface area contributed by atoms with Crippen molar-refractivity contribution in [3.05, 3.63) is 65.2 Å². The maximum atomic E-state index is 9.66. The number of anilines is 1. The molecule has 1 saturated heterocycles. The summed E-state index contributed by atoms with van der Waals surface area (Å²) in [5, 5.41) is 13.4. The Hall–Kier alpha value is -1.84. The van der Waals surface area contributed by atoms with Gasteiger partial charge in [0.05, 0.1) is 24.9 Å². The van der Waals surface area contributed by atoms with Gasteiger partial charge >= 0.3 is 0 Å². The highest BCUT2D eigenvalue weighted by molar-refractivity contribution is 5.59. The second-order valence-corrected chi connectivity index (χ2v) is 8.69. The van der Waals surface area contributed by atoms with E-state index in [1.54, 1.807) is 0 Å². The van der Waals surface area contributed by atoms with Crippen molar-refractivity contribution in [1.29, 1.82) is 0 Å². The molecule has 0 aliphatic carbocycles. The number of aliphatic hydroxyl groups is 1. The lowest BCUT2D eigenvalue weighted by molar-refractivity contribution is -0.110. The van der Waals surface area contributed by atoms with E-state index in [0.717, 1.165) is 18.5 Å². The predicted octanol–water partition coefficient (Wildman–Crippen LogP) is 4.98. The highest BCUT2D eigenvalue weighted by Crippen LogP contribution is 2.50. The molecule has 0 radical (unpaired) electrons. The van der Waals surface area contributed by atoms with Gasteiger partial charge in [0, 0.05) is 17.2 Å². The third-order valence-electron chi connectivity index (χ3n) is 5.88. The summed E-state index contributed by atoms with van der Waals surface area (Å²) in [5.41, 5.74) is 5.13. The molecule has 2 aromatic rings. The molecule has 2 N–H and O–H groups in total. The molecule has 0 amide bonds. The van der Waals surface area contributed by atoms with E-state index < -0.39 is 0 Å². The zero-order chi connectivity index (χ0) is 18.3. The molecular formula is C23H29NO2. The van der Waals surface area contributed by atoms with Gasteiger partial charge < -0.3 is 15.2 Å². The Bertz CT molecular complexity index is 766. The van der Waals surface area contributed by atoms with Crippen LogP contribution in [0.4, 0.5) is 5.69 Å². The number of benzene rings is 2. The minimum atomic E-state index is -0.0584. The molecule has 0 bridgehead atoms. The molecule has 1 fully saturated rings. The Morgan fingerprint density at radius 3 is 2.54 bits per heavy atom. The van der Waals surface area contributed by atoms with E-state index in [4.69, 9.17) is 4.74 Å². The van der Waals surface area contributed by atoms with Gasteiger partial charge in [-0.3, -0.25) is 0 Å². The first-order chi connectivity index (χ1) is 12.5. The van der Waals surface area contributed by atoms with Gasteiger partial charge in [0.1, 0.15) is 0 Å². The fourth-order valence-electron chi connectivity index (χ4n) is 4.35. The monoisotopic (exact) mass is 351 g/mol. The second kappa shape index (κ2) is 6.71. The lowest BCUT2D eigenvalue weighted by Gasteiger charge is -2.45. The third-order valence-corrected chi connectivity index (χ3v) is 5.88. The highest BCUT2D eigenvalue weighted by atomic mass is 16.5. The van der Waals surface area contributed by atoms with Crippen LogP contribution in [0.1, 0.15) is 62.4 Å². The first-order valence-electron chi connectivity index (χ1n) is 9.69. The molecule has 2 aliphatic rings. The van der Waals surface area contributed by atoms with E-state index >= 15 is 0 Å². The van der Waals surface area contributed by atoms with Crippen molar-refractivity contribution in [1.82, 2.24) is 0 Å². The smallest absolute Gasteiger partial charge is 0.0900 e. The minimum Gasteiger partial charge on any atom is -0.394 e. The lowest BCUT2D eigenvalue weighted by atomic mass is 9.75. The van der Waals surface area contributed by atoms with Crippen molar-refractivity contribution in [2.45, 2.75) is 57.3 Å². The normalized spacial score (nSPS) is 28.0. The zero-order valence-electron chi connectivity index (χ0n) is 15.9. The first-order valence-corrected chi connectivity index (χ1v) is 9.69. The van der Waals surface area contributed by atoms with Gasteiger partial charge in [0.2, 0.25) is 0 Å². The van der Waals surface area contributed by atoms with Crippen molar-refractivity contribution in [2.75, 3.05) is 11.9 Å². The SMILES string of the molecule is CC(C)(C)c1ccc2c(c1)[C@@H]1O[C@H](CO)CC[C@@H]1[C@@H](c1ccccc1)N2. The summed E-state index contributed by atoms with van der Waals surface area (Å²) in [6.07, 6.45) is 1.94. The quantitative estimate of drug-likeness (QED) is 0.802. The van der Waals surface area contributed by atoms with Crippen LogP contribution >= 0.6 is 0 Å². The van der Waals surface area contributed by atoms with Gasteiger partial charge in [-0.15, -0.1) is 0 Å².